The monoisotopic (exact) mass is 465 g/mol. The molecule has 7 nitrogen and oxygen atoms in total. The van der Waals surface area contributed by atoms with Crippen LogP contribution in [0.4, 0.5) is 10.5 Å². The van der Waals surface area contributed by atoms with Gasteiger partial charge in [0.05, 0.1) is 17.2 Å². The molecule has 0 bridgehead atoms. The van der Waals surface area contributed by atoms with Crippen LogP contribution < -0.4 is 4.90 Å². The number of fused-ring (bicyclic) bond motifs is 1. The number of hydrogen-bond acceptors (Lipinski definition) is 5. The lowest BCUT2D eigenvalue weighted by atomic mass is 10.1. The highest BCUT2D eigenvalue weighted by Crippen LogP contribution is 2.42. The van der Waals surface area contributed by atoms with Gasteiger partial charge < -0.3 is 14.5 Å². The van der Waals surface area contributed by atoms with Gasteiger partial charge in [0.15, 0.2) is 0 Å². The summed E-state index contributed by atoms with van der Waals surface area (Å²) in [5.74, 6) is -0.318. The number of rotatable bonds is 4. The van der Waals surface area contributed by atoms with Crippen molar-refractivity contribution in [1.82, 2.24) is 9.80 Å². The van der Waals surface area contributed by atoms with Gasteiger partial charge in [-0.1, -0.05) is 53.7 Å². The molecule has 1 fully saturated rings. The third-order valence-corrected chi connectivity index (χ3v) is 6.74. The summed E-state index contributed by atoms with van der Waals surface area (Å²) in [6.45, 7) is 5.75. The van der Waals surface area contributed by atoms with E-state index in [9.17, 15) is 14.4 Å². The van der Waals surface area contributed by atoms with Crippen LogP contribution in [0.1, 0.15) is 18.1 Å². The molecule has 2 aliphatic heterocycles. The van der Waals surface area contributed by atoms with E-state index in [0.717, 1.165) is 21.7 Å². The van der Waals surface area contributed by atoms with E-state index in [-0.39, 0.29) is 24.5 Å². The number of para-hydroxylation sites is 1. The molecule has 0 N–H and O–H groups in total. The van der Waals surface area contributed by atoms with Crippen LogP contribution in [0.5, 0.6) is 0 Å². The summed E-state index contributed by atoms with van der Waals surface area (Å²) in [5, 5.41) is 0. The molecule has 33 heavy (non-hydrogen) atoms. The minimum atomic E-state index is -0.354. The molecule has 2 aromatic carbocycles. The Balaban J connectivity index is 1.50. The fraction of sp³-hybridized carbons (Fsp3) is 0.320. The van der Waals surface area contributed by atoms with Gasteiger partial charge in [-0.2, -0.15) is 0 Å². The molecule has 172 valence electrons. The van der Waals surface area contributed by atoms with E-state index >= 15 is 0 Å². The van der Waals surface area contributed by atoms with E-state index in [2.05, 4.69) is 0 Å². The number of ether oxygens (including phenoxy) is 1. The zero-order valence-electron chi connectivity index (χ0n) is 18.8. The highest BCUT2D eigenvalue weighted by molar-refractivity contribution is 8.04. The Morgan fingerprint density at radius 1 is 1.00 bits per heavy atom. The predicted octanol–water partition coefficient (Wildman–Crippen LogP) is 3.78. The summed E-state index contributed by atoms with van der Waals surface area (Å²) in [7, 11) is 0. The van der Waals surface area contributed by atoms with E-state index in [4.69, 9.17) is 4.74 Å². The third-order valence-electron chi connectivity index (χ3n) is 5.66. The number of amides is 3. The summed E-state index contributed by atoms with van der Waals surface area (Å²) in [5.41, 5.74) is 2.84. The van der Waals surface area contributed by atoms with Crippen molar-refractivity contribution in [2.45, 2.75) is 18.7 Å². The van der Waals surface area contributed by atoms with Gasteiger partial charge in [0.2, 0.25) is 5.91 Å². The SMILES string of the molecule is CCOC(=O)N1CCN(C(=O)CN2C(=O)/C(=C\c3ccc(C)cc3)Sc3ccccc32)CC1. The number of piperazine rings is 1. The Morgan fingerprint density at radius 2 is 1.67 bits per heavy atom. The Labute approximate surface area is 198 Å². The molecule has 0 aliphatic carbocycles. The van der Waals surface area contributed by atoms with Crippen molar-refractivity contribution in [3.8, 4) is 0 Å². The fourth-order valence-electron chi connectivity index (χ4n) is 3.82. The summed E-state index contributed by atoms with van der Waals surface area (Å²) < 4.78 is 5.04. The summed E-state index contributed by atoms with van der Waals surface area (Å²) in [6, 6.07) is 15.6. The lowest BCUT2D eigenvalue weighted by Crippen LogP contribution is -2.53. The average Bonchev–Trinajstić information content (AvgIpc) is 2.83. The van der Waals surface area contributed by atoms with Gasteiger partial charge in [0, 0.05) is 31.1 Å². The summed E-state index contributed by atoms with van der Waals surface area (Å²) >= 11 is 1.43. The van der Waals surface area contributed by atoms with Gasteiger partial charge in [-0.15, -0.1) is 0 Å². The molecule has 0 aromatic heterocycles. The molecule has 2 heterocycles. The molecule has 0 saturated carbocycles. The summed E-state index contributed by atoms with van der Waals surface area (Å²) in [4.78, 5) is 44.8. The van der Waals surface area contributed by atoms with Gasteiger partial charge in [-0.3, -0.25) is 14.5 Å². The van der Waals surface area contributed by atoms with Crippen LogP contribution in [0, 0.1) is 6.92 Å². The van der Waals surface area contributed by atoms with Gasteiger partial charge in [-0.05, 0) is 37.6 Å². The van der Waals surface area contributed by atoms with Crippen LogP contribution in [-0.2, 0) is 14.3 Å². The molecule has 0 spiro atoms. The van der Waals surface area contributed by atoms with Crippen LogP contribution in [0.2, 0.25) is 0 Å². The van der Waals surface area contributed by atoms with E-state index < -0.39 is 0 Å². The number of hydrogen-bond donors (Lipinski definition) is 0. The fourth-order valence-corrected chi connectivity index (χ4v) is 4.88. The quantitative estimate of drug-likeness (QED) is 0.643. The zero-order chi connectivity index (χ0) is 23.4. The third kappa shape index (κ3) is 5.22. The van der Waals surface area contributed by atoms with Crippen LogP contribution in [0.3, 0.4) is 0 Å². The smallest absolute Gasteiger partial charge is 0.409 e. The van der Waals surface area contributed by atoms with Crippen molar-refractivity contribution in [1.29, 1.82) is 0 Å². The Morgan fingerprint density at radius 3 is 2.36 bits per heavy atom. The first kappa shape index (κ1) is 22.9. The molecule has 8 heteroatoms. The normalized spacial score (nSPS) is 17.2. The standard InChI is InChI=1S/C25H27N3O4S/c1-3-32-25(31)27-14-12-26(13-15-27)23(29)17-28-20-6-4-5-7-21(20)33-22(24(28)30)16-19-10-8-18(2)9-11-19/h4-11,16H,3,12-15,17H2,1-2H3/b22-16+. The molecule has 0 unspecified atom stereocenters. The van der Waals surface area contributed by atoms with Crippen LogP contribution in [0.15, 0.2) is 58.3 Å². The van der Waals surface area contributed by atoms with E-state index in [0.29, 0.717) is 37.7 Å². The average molecular weight is 466 g/mol. The maximum Gasteiger partial charge on any atom is 0.409 e. The van der Waals surface area contributed by atoms with Crippen LogP contribution in [0.25, 0.3) is 6.08 Å². The molecule has 0 atom stereocenters. The number of benzene rings is 2. The molecule has 0 radical (unpaired) electrons. The molecule has 2 aromatic rings. The number of nitrogens with zero attached hydrogens (tertiary/aromatic N) is 3. The first-order valence-corrected chi connectivity index (χ1v) is 11.8. The van der Waals surface area contributed by atoms with Crippen LogP contribution >= 0.6 is 11.8 Å². The second-order valence-electron chi connectivity index (χ2n) is 7.95. The minimum Gasteiger partial charge on any atom is -0.450 e. The maximum atomic E-state index is 13.4. The minimum absolute atomic E-state index is 0.0406. The molecular weight excluding hydrogens is 438 g/mol. The highest BCUT2D eigenvalue weighted by Gasteiger charge is 2.33. The molecule has 3 amide bonds. The van der Waals surface area contributed by atoms with Crippen molar-refractivity contribution in [3.05, 3.63) is 64.6 Å². The highest BCUT2D eigenvalue weighted by atomic mass is 32.2. The van der Waals surface area contributed by atoms with Gasteiger partial charge >= 0.3 is 6.09 Å². The van der Waals surface area contributed by atoms with Gasteiger partial charge in [0.1, 0.15) is 6.54 Å². The van der Waals surface area contributed by atoms with Crippen molar-refractivity contribution in [2.75, 3.05) is 44.2 Å². The molecular formula is C25H27N3O4S. The number of thioether (sulfide) groups is 1. The van der Waals surface area contributed by atoms with E-state index in [1.165, 1.54) is 11.8 Å². The van der Waals surface area contributed by atoms with E-state index in [1.807, 2.05) is 61.5 Å². The van der Waals surface area contributed by atoms with Crippen molar-refractivity contribution < 1.29 is 19.1 Å². The van der Waals surface area contributed by atoms with Crippen molar-refractivity contribution >= 4 is 41.4 Å². The molecule has 2 aliphatic rings. The van der Waals surface area contributed by atoms with Crippen molar-refractivity contribution in [2.24, 2.45) is 0 Å². The second-order valence-corrected chi connectivity index (χ2v) is 9.03. The first-order valence-electron chi connectivity index (χ1n) is 11.0. The Kier molecular flexibility index (Phi) is 7.03. The van der Waals surface area contributed by atoms with E-state index in [1.54, 1.807) is 21.6 Å². The Bertz CT molecular complexity index is 1080. The second kappa shape index (κ2) is 10.1. The van der Waals surface area contributed by atoms with Gasteiger partial charge in [0.25, 0.3) is 5.91 Å². The van der Waals surface area contributed by atoms with Crippen LogP contribution in [-0.4, -0.2) is 67.0 Å². The number of carbonyl (C=O) groups excluding carboxylic acids is 3. The first-order chi connectivity index (χ1) is 16.0. The predicted molar refractivity (Wildman–Crippen MR) is 129 cm³/mol. The summed E-state index contributed by atoms with van der Waals surface area (Å²) in [6.07, 6.45) is 1.52. The number of anilines is 1. The van der Waals surface area contributed by atoms with Gasteiger partial charge in [-0.25, -0.2) is 4.79 Å². The maximum absolute atomic E-state index is 13.4. The molecule has 4 rings (SSSR count). The number of aryl methyl sites for hydroxylation is 1. The topological polar surface area (TPSA) is 70.2 Å². The zero-order valence-corrected chi connectivity index (χ0v) is 19.6. The number of carbonyl (C=O) groups is 3. The lowest BCUT2D eigenvalue weighted by Gasteiger charge is -2.36. The van der Waals surface area contributed by atoms with Crippen molar-refractivity contribution in [3.63, 3.8) is 0 Å². The largest absolute Gasteiger partial charge is 0.450 e. The lowest BCUT2D eigenvalue weighted by molar-refractivity contribution is -0.132. The molecule has 1 saturated heterocycles. The Hall–Kier alpha value is -3.26.